The van der Waals surface area contributed by atoms with E-state index in [1.165, 1.54) is 12.8 Å². The van der Waals surface area contributed by atoms with E-state index in [1.54, 1.807) is 0 Å². The van der Waals surface area contributed by atoms with Crippen molar-refractivity contribution in [2.24, 2.45) is 17.3 Å². The van der Waals surface area contributed by atoms with E-state index in [-0.39, 0.29) is 6.10 Å². The monoisotopic (exact) mass is 184 g/mol. The zero-order chi connectivity index (χ0) is 10.1. The first kappa shape index (κ1) is 11.0. The molecule has 0 spiro atoms. The van der Waals surface area contributed by atoms with Crippen molar-refractivity contribution in [1.82, 2.24) is 0 Å². The third-order valence-corrected chi connectivity index (χ3v) is 3.71. The summed E-state index contributed by atoms with van der Waals surface area (Å²) in [5.74, 6) is 1.28. The van der Waals surface area contributed by atoms with Crippen LogP contribution in [0.4, 0.5) is 0 Å². The van der Waals surface area contributed by atoms with Crippen molar-refractivity contribution in [1.29, 1.82) is 0 Å². The van der Waals surface area contributed by atoms with Crippen molar-refractivity contribution in [3.05, 3.63) is 0 Å². The van der Waals surface area contributed by atoms with Gasteiger partial charge < -0.3 is 5.11 Å². The highest BCUT2D eigenvalue weighted by atomic mass is 16.3. The average Bonchev–Trinajstić information content (AvgIpc) is 2.02. The van der Waals surface area contributed by atoms with Crippen molar-refractivity contribution in [3.63, 3.8) is 0 Å². The maximum absolute atomic E-state index is 9.90. The van der Waals surface area contributed by atoms with E-state index in [4.69, 9.17) is 0 Å². The van der Waals surface area contributed by atoms with Gasteiger partial charge in [-0.1, -0.05) is 34.1 Å². The molecule has 0 aliphatic heterocycles. The van der Waals surface area contributed by atoms with Gasteiger partial charge in [-0.05, 0) is 36.5 Å². The van der Waals surface area contributed by atoms with E-state index in [0.717, 1.165) is 12.8 Å². The standard InChI is InChI=1S/C12H24O/c1-5-9-6-7-10(8-11(9)13)12(2,3)4/h9-11,13H,5-8H2,1-4H3/t9-,10+,11+/m0/s1. The lowest BCUT2D eigenvalue weighted by Crippen LogP contribution is -2.34. The molecule has 0 heterocycles. The molecule has 13 heavy (non-hydrogen) atoms. The van der Waals surface area contributed by atoms with Crippen LogP contribution in [-0.4, -0.2) is 11.2 Å². The quantitative estimate of drug-likeness (QED) is 0.663. The average molecular weight is 184 g/mol. The van der Waals surface area contributed by atoms with E-state index in [2.05, 4.69) is 27.7 Å². The lowest BCUT2D eigenvalue weighted by Gasteiger charge is -2.39. The van der Waals surface area contributed by atoms with Gasteiger partial charge in [0.05, 0.1) is 6.10 Å². The number of aliphatic hydroxyl groups excluding tert-OH is 1. The smallest absolute Gasteiger partial charge is 0.0571 e. The summed E-state index contributed by atoms with van der Waals surface area (Å²) >= 11 is 0. The van der Waals surface area contributed by atoms with Gasteiger partial charge in [0.2, 0.25) is 0 Å². The molecule has 0 bridgehead atoms. The van der Waals surface area contributed by atoms with E-state index in [9.17, 15) is 5.11 Å². The molecule has 0 aromatic heterocycles. The molecule has 0 aromatic rings. The minimum absolute atomic E-state index is 0.0389. The van der Waals surface area contributed by atoms with Crippen LogP contribution in [0.2, 0.25) is 0 Å². The maximum atomic E-state index is 9.90. The number of aliphatic hydroxyl groups is 1. The molecule has 1 rings (SSSR count). The molecule has 0 amide bonds. The van der Waals surface area contributed by atoms with E-state index < -0.39 is 0 Å². The third-order valence-electron chi connectivity index (χ3n) is 3.71. The normalized spacial score (nSPS) is 36.2. The summed E-state index contributed by atoms with van der Waals surface area (Å²) in [6.45, 7) is 9.05. The van der Waals surface area contributed by atoms with Gasteiger partial charge in [-0.25, -0.2) is 0 Å². The van der Waals surface area contributed by atoms with Gasteiger partial charge in [-0.15, -0.1) is 0 Å². The van der Waals surface area contributed by atoms with Crippen LogP contribution in [-0.2, 0) is 0 Å². The fourth-order valence-electron chi connectivity index (χ4n) is 2.47. The Balaban J connectivity index is 2.51. The fraction of sp³-hybridized carbons (Fsp3) is 1.00. The second kappa shape index (κ2) is 4.00. The molecule has 0 saturated heterocycles. The topological polar surface area (TPSA) is 20.2 Å². The van der Waals surface area contributed by atoms with Crippen LogP contribution in [0.3, 0.4) is 0 Å². The minimum Gasteiger partial charge on any atom is -0.393 e. The minimum atomic E-state index is -0.0389. The predicted octanol–water partition coefficient (Wildman–Crippen LogP) is 3.22. The van der Waals surface area contributed by atoms with Crippen molar-refractivity contribution >= 4 is 0 Å². The van der Waals surface area contributed by atoms with Crippen LogP contribution in [0.5, 0.6) is 0 Å². The zero-order valence-corrected chi connectivity index (χ0v) is 9.51. The zero-order valence-electron chi connectivity index (χ0n) is 9.51. The van der Waals surface area contributed by atoms with Gasteiger partial charge in [0.1, 0.15) is 0 Å². The van der Waals surface area contributed by atoms with Crippen molar-refractivity contribution in [2.45, 2.75) is 59.5 Å². The Morgan fingerprint density at radius 1 is 1.23 bits per heavy atom. The Morgan fingerprint density at radius 3 is 2.23 bits per heavy atom. The molecule has 1 aliphatic carbocycles. The predicted molar refractivity (Wildman–Crippen MR) is 56.6 cm³/mol. The highest BCUT2D eigenvalue weighted by molar-refractivity contribution is 4.84. The molecule has 0 unspecified atom stereocenters. The maximum Gasteiger partial charge on any atom is 0.0571 e. The first-order valence-electron chi connectivity index (χ1n) is 5.63. The Bertz CT molecular complexity index is 157. The number of hydrogen-bond donors (Lipinski definition) is 1. The lowest BCUT2D eigenvalue weighted by molar-refractivity contribution is 0.0120. The second-order valence-corrected chi connectivity index (χ2v) is 5.61. The summed E-state index contributed by atoms with van der Waals surface area (Å²) < 4.78 is 0. The Kier molecular flexibility index (Phi) is 3.39. The summed E-state index contributed by atoms with van der Waals surface area (Å²) in [7, 11) is 0. The van der Waals surface area contributed by atoms with E-state index in [0.29, 0.717) is 17.3 Å². The molecular formula is C12H24O. The van der Waals surface area contributed by atoms with Crippen LogP contribution >= 0.6 is 0 Å². The van der Waals surface area contributed by atoms with Crippen LogP contribution < -0.4 is 0 Å². The van der Waals surface area contributed by atoms with Crippen LogP contribution in [0.15, 0.2) is 0 Å². The molecule has 1 saturated carbocycles. The molecule has 1 aliphatic rings. The SMILES string of the molecule is CC[C@H]1CC[C@@H](C(C)(C)C)C[C@H]1O. The molecule has 0 radical (unpaired) electrons. The van der Waals surface area contributed by atoms with E-state index >= 15 is 0 Å². The van der Waals surface area contributed by atoms with Crippen LogP contribution in [0.25, 0.3) is 0 Å². The second-order valence-electron chi connectivity index (χ2n) is 5.61. The molecule has 78 valence electrons. The Labute approximate surface area is 82.5 Å². The summed E-state index contributed by atoms with van der Waals surface area (Å²) in [4.78, 5) is 0. The number of hydrogen-bond acceptors (Lipinski definition) is 1. The molecule has 1 heteroatoms. The fourth-order valence-corrected chi connectivity index (χ4v) is 2.47. The van der Waals surface area contributed by atoms with Crippen molar-refractivity contribution in [3.8, 4) is 0 Å². The third kappa shape index (κ3) is 2.70. The first-order chi connectivity index (χ1) is 5.95. The summed E-state index contributed by atoms with van der Waals surface area (Å²) in [6, 6.07) is 0. The highest BCUT2D eigenvalue weighted by Crippen LogP contribution is 2.40. The lowest BCUT2D eigenvalue weighted by atomic mass is 9.68. The Morgan fingerprint density at radius 2 is 1.85 bits per heavy atom. The molecule has 0 aromatic carbocycles. The molecule has 1 fully saturated rings. The van der Waals surface area contributed by atoms with Gasteiger partial charge in [-0.3, -0.25) is 0 Å². The van der Waals surface area contributed by atoms with Crippen LogP contribution in [0.1, 0.15) is 53.4 Å². The summed E-state index contributed by atoms with van der Waals surface area (Å²) in [6.07, 6.45) is 4.64. The van der Waals surface area contributed by atoms with Gasteiger partial charge in [0.25, 0.3) is 0 Å². The Hall–Kier alpha value is -0.0400. The first-order valence-corrected chi connectivity index (χ1v) is 5.63. The number of rotatable bonds is 1. The molecular weight excluding hydrogens is 160 g/mol. The molecule has 3 atom stereocenters. The molecule has 1 N–H and O–H groups in total. The van der Waals surface area contributed by atoms with Crippen molar-refractivity contribution in [2.75, 3.05) is 0 Å². The summed E-state index contributed by atoms with van der Waals surface area (Å²) in [5.41, 5.74) is 0.375. The van der Waals surface area contributed by atoms with Gasteiger partial charge in [0.15, 0.2) is 0 Å². The summed E-state index contributed by atoms with van der Waals surface area (Å²) in [5, 5.41) is 9.90. The highest BCUT2D eigenvalue weighted by Gasteiger charge is 2.33. The van der Waals surface area contributed by atoms with E-state index in [1.807, 2.05) is 0 Å². The van der Waals surface area contributed by atoms with Gasteiger partial charge >= 0.3 is 0 Å². The molecule has 1 nitrogen and oxygen atoms in total. The van der Waals surface area contributed by atoms with Crippen molar-refractivity contribution < 1.29 is 5.11 Å². The largest absolute Gasteiger partial charge is 0.393 e. The van der Waals surface area contributed by atoms with Crippen LogP contribution in [0, 0.1) is 17.3 Å². The van der Waals surface area contributed by atoms with Gasteiger partial charge in [0, 0.05) is 0 Å². The van der Waals surface area contributed by atoms with Gasteiger partial charge in [-0.2, -0.15) is 0 Å².